The Kier molecular flexibility index (Phi) is 5.36. The van der Waals surface area contributed by atoms with Crippen LogP contribution in [0.3, 0.4) is 0 Å². The van der Waals surface area contributed by atoms with Gasteiger partial charge in [-0.15, -0.1) is 0 Å². The topological polar surface area (TPSA) is 54.4 Å². The van der Waals surface area contributed by atoms with Crippen LogP contribution in [0.4, 0.5) is 0 Å². The van der Waals surface area contributed by atoms with Crippen molar-refractivity contribution in [1.29, 1.82) is 0 Å². The fourth-order valence-corrected chi connectivity index (χ4v) is 6.69. The Balaban J connectivity index is 1.72. The van der Waals surface area contributed by atoms with E-state index in [-0.39, 0.29) is 17.0 Å². The average molecular weight is 423 g/mol. The van der Waals surface area contributed by atoms with E-state index in [1.807, 2.05) is 0 Å². The van der Waals surface area contributed by atoms with Crippen LogP contribution in [0.5, 0.6) is 0 Å². The minimum Gasteiger partial charge on any atom is -0.385 e. The van der Waals surface area contributed by atoms with Crippen molar-refractivity contribution >= 4 is 11.6 Å². The lowest BCUT2D eigenvalue weighted by atomic mass is 9.52. The van der Waals surface area contributed by atoms with Crippen LogP contribution in [-0.4, -0.2) is 22.3 Å². The molecular formula is C28H38O3. The molecule has 0 aliphatic heterocycles. The molecule has 4 aliphatic rings. The molecule has 1 fully saturated rings. The van der Waals surface area contributed by atoms with Crippen LogP contribution >= 0.6 is 0 Å². The van der Waals surface area contributed by atoms with Crippen LogP contribution in [0.2, 0.25) is 0 Å². The predicted molar refractivity (Wildman–Crippen MR) is 124 cm³/mol. The van der Waals surface area contributed by atoms with Crippen molar-refractivity contribution in [3.8, 4) is 0 Å². The average Bonchev–Trinajstić information content (AvgIpc) is 2.99. The Hall–Kier alpha value is -1.74. The van der Waals surface area contributed by atoms with Gasteiger partial charge in [-0.25, -0.2) is 0 Å². The molecule has 1 N–H and O–H groups in total. The quantitative estimate of drug-likeness (QED) is 0.587. The van der Waals surface area contributed by atoms with Gasteiger partial charge in [0, 0.05) is 22.8 Å². The van der Waals surface area contributed by atoms with Crippen LogP contribution < -0.4 is 0 Å². The van der Waals surface area contributed by atoms with Crippen LogP contribution in [0.1, 0.15) is 73.6 Å². The molecule has 4 aliphatic carbocycles. The van der Waals surface area contributed by atoms with Crippen molar-refractivity contribution in [2.45, 2.75) is 79.2 Å². The first-order valence-electron chi connectivity index (χ1n) is 12.1. The summed E-state index contributed by atoms with van der Waals surface area (Å²) in [6.07, 6.45) is 13.7. The molecular weight excluding hydrogens is 384 g/mol. The number of ketones is 2. The van der Waals surface area contributed by atoms with Crippen LogP contribution in [0, 0.1) is 34.5 Å². The number of fused-ring (bicyclic) bond motifs is 5. The molecule has 3 nitrogen and oxygen atoms in total. The normalized spacial score (nSPS) is 39.5. The molecule has 0 aromatic carbocycles. The second-order valence-electron chi connectivity index (χ2n) is 11.4. The lowest BCUT2D eigenvalue weighted by Crippen LogP contribution is -2.53. The molecule has 0 aromatic rings. The maximum atomic E-state index is 13.1. The molecule has 6 atom stereocenters. The Bertz CT molecular complexity index is 932. The highest BCUT2D eigenvalue weighted by Gasteiger charge is 2.63. The summed E-state index contributed by atoms with van der Waals surface area (Å²) < 4.78 is 0. The fraction of sp³-hybridized carbons (Fsp3) is 0.643. The summed E-state index contributed by atoms with van der Waals surface area (Å²) in [6, 6.07) is 0. The highest BCUT2D eigenvalue weighted by Crippen LogP contribution is 2.65. The summed E-state index contributed by atoms with van der Waals surface area (Å²) in [4.78, 5) is 25.1. The summed E-state index contributed by atoms with van der Waals surface area (Å²) in [5.41, 5.74) is 0.786. The van der Waals surface area contributed by atoms with Gasteiger partial charge >= 0.3 is 0 Å². The van der Waals surface area contributed by atoms with Gasteiger partial charge in [0.25, 0.3) is 0 Å². The molecule has 31 heavy (non-hydrogen) atoms. The molecule has 0 saturated heterocycles. The number of aliphatic hydroxyl groups is 1. The zero-order chi connectivity index (χ0) is 22.8. The molecule has 0 heterocycles. The third-order valence-electron chi connectivity index (χ3n) is 9.36. The Morgan fingerprint density at radius 1 is 1.00 bits per heavy atom. The first kappa shape index (κ1) is 22.5. The first-order valence-corrected chi connectivity index (χ1v) is 12.1. The minimum atomic E-state index is -0.987. The van der Waals surface area contributed by atoms with Crippen LogP contribution in [-0.2, 0) is 9.59 Å². The Labute approximate surface area is 187 Å². The van der Waals surface area contributed by atoms with Crippen molar-refractivity contribution in [2.24, 2.45) is 34.5 Å². The zero-order valence-corrected chi connectivity index (χ0v) is 20.0. The maximum absolute atomic E-state index is 13.1. The van der Waals surface area contributed by atoms with E-state index in [9.17, 15) is 14.7 Å². The number of allylic oxidation sites excluding steroid dienone is 6. The van der Waals surface area contributed by atoms with Crippen LogP contribution in [0.15, 0.2) is 47.1 Å². The monoisotopic (exact) mass is 422 g/mol. The van der Waals surface area contributed by atoms with E-state index in [4.69, 9.17) is 0 Å². The van der Waals surface area contributed by atoms with Crippen LogP contribution in [0.25, 0.3) is 0 Å². The van der Waals surface area contributed by atoms with E-state index in [1.165, 1.54) is 0 Å². The lowest BCUT2D eigenvalue weighted by Gasteiger charge is -2.53. The third-order valence-corrected chi connectivity index (χ3v) is 9.36. The van der Waals surface area contributed by atoms with Gasteiger partial charge in [0.2, 0.25) is 0 Å². The Morgan fingerprint density at radius 3 is 2.39 bits per heavy atom. The SMILES string of the molecule is CC(C)[C@@H](C)/C=C/[C@@H](C)[C@H]1CC[C@@]2(O)C3=CC(=O)C4=CC(=O)CC[C@]4(C)C3=CC[C@]12C. The molecule has 0 bridgehead atoms. The number of hydrogen-bond acceptors (Lipinski definition) is 3. The standard InChI is InChI=1S/C28H38O3/c1-17(2)18(3)7-8-19(4)21-11-14-28(31)23-16-25(30)24-15-20(29)9-12-26(24,5)22(23)10-13-27(21,28)6/h7-8,10,15-19,21,31H,9,11-14H2,1-6H3/b8-7+/t18-,19+,21+,26+,27+,28+/m0/s1. The molecule has 4 rings (SSSR count). The highest BCUT2D eigenvalue weighted by atomic mass is 16.3. The largest absolute Gasteiger partial charge is 0.385 e. The van der Waals surface area contributed by atoms with Gasteiger partial charge in [-0.2, -0.15) is 0 Å². The predicted octanol–water partition coefficient (Wildman–Crippen LogP) is 5.75. The van der Waals surface area contributed by atoms with Gasteiger partial charge in [0.05, 0.1) is 5.60 Å². The zero-order valence-electron chi connectivity index (χ0n) is 20.0. The highest BCUT2D eigenvalue weighted by molar-refractivity contribution is 6.13. The van der Waals surface area contributed by atoms with Gasteiger partial charge in [-0.05, 0) is 72.7 Å². The van der Waals surface area contributed by atoms with Gasteiger partial charge in [0.15, 0.2) is 11.6 Å². The summed E-state index contributed by atoms with van der Waals surface area (Å²) in [7, 11) is 0. The van der Waals surface area contributed by atoms with Crippen molar-refractivity contribution < 1.29 is 14.7 Å². The maximum Gasteiger partial charge on any atom is 0.183 e. The van der Waals surface area contributed by atoms with E-state index in [1.54, 1.807) is 12.2 Å². The molecule has 0 unspecified atom stereocenters. The summed E-state index contributed by atoms with van der Waals surface area (Å²) >= 11 is 0. The van der Waals surface area contributed by atoms with E-state index in [2.05, 4.69) is 59.8 Å². The number of rotatable bonds is 4. The summed E-state index contributed by atoms with van der Waals surface area (Å²) in [6.45, 7) is 13.3. The summed E-state index contributed by atoms with van der Waals surface area (Å²) in [5, 5.41) is 12.2. The molecule has 0 amide bonds. The summed E-state index contributed by atoms with van der Waals surface area (Å²) in [5.74, 6) is 1.82. The molecule has 0 aromatic heterocycles. The van der Waals surface area contributed by atoms with E-state index in [0.29, 0.717) is 48.5 Å². The lowest BCUT2D eigenvalue weighted by molar-refractivity contribution is -0.118. The molecule has 0 radical (unpaired) electrons. The van der Waals surface area contributed by atoms with Crippen molar-refractivity contribution in [2.75, 3.05) is 0 Å². The van der Waals surface area contributed by atoms with E-state index in [0.717, 1.165) is 24.0 Å². The molecule has 3 heteroatoms. The fourth-order valence-electron chi connectivity index (χ4n) is 6.69. The molecule has 168 valence electrons. The van der Waals surface area contributed by atoms with Gasteiger partial charge in [-0.3, -0.25) is 9.59 Å². The van der Waals surface area contributed by atoms with E-state index < -0.39 is 11.0 Å². The molecule has 0 spiro atoms. The van der Waals surface area contributed by atoms with Gasteiger partial charge < -0.3 is 5.11 Å². The second kappa shape index (κ2) is 7.40. The van der Waals surface area contributed by atoms with Crippen molar-refractivity contribution in [3.05, 3.63) is 47.1 Å². The first-order chi connectivity index (χ1) is 14.4. The second-order valence-corrected chi connectivity index (χ2v) is 11.4. The Morgan fingerprint density at radius 2 is 1.71 bits per heavy atom. The number of hydrogen-bond donors (Lipinski definition) is 1. The number of carbonyl (C=O) groups excluding carboxylic acids is 2. The van der Waals surface area contributed by atoms with Gasteiger partial charge in [-0.1, -0.05) is 59.8 Å². The van der Waals surface area contributed by atoms with E-state index >= 15 is 0 Å². The van der Waals surface area contributed by atoms with Crippen molar-refractivity contribution in [1.82, 2.24) is 0 Å². The van der Waals surface area contributed by atoms with Crippen molar-refractivity contribution in [3.63, 3.8) is 0 Å². The minimum absolute atomic E-state index is 0.0369. The van der Waals surface area contributed by atoms with Gasteiger partial charge in [0.1, 0.15) is 0 Å². The number of carbonyl (C=O) groups is 2. The smallest absolute Gasteiger partial charge is 0.183 e. The third kappa shape index (κ3) is 3.18. The molecule has 1 saturated carbocycles.